The quantitative estimate of drug-likeness (QED) is 0.604. The van der Waals surface area contributed by atoms with Crippen molar-refractivity contribution >= 4 is 16.7 Å². The Morgan fingerprint density at radius 2 is 1.93 bits per heavy atom. The lowest BCUT2D eigenvalue weighted by molar-refractivity contribution is 0.289. The molecule has 0 radical (unpaired) electrons. The third-order valence-corrected chi connectivity index (χ3v) is 5.44. The van der Waals surface area contributed by atoms with Gasteiger partial charge in [0.2, 0.25) is 0 Å². The lowest BCUT2D eigenvalue weighted by Crippen LogP contribution is -2.32. The maximum absolute atomic E-state index is 12.2. The molecule has 0 N–H and O–H groups in total. The summed E-state index contributed by atoms with van der Waals surface area (Å²) >= 11 is 0. The summed E-state index contributed by atoms with van der Waals surface area (Å²) < 4.78 is 11.6. The van der Waals surface area contributed by atoms with Gasteiger partial charge in [0.05, 0.1) is 12.1 Å². The summed E-state index contributed by atoms with van der Waals surface area (Å²) in [6, 6.07) is 12.1. The van der Waals surface area contributed by atoms with Crippen LogP contribution in [0.5, 0.6) is 5.75 Å². The molecule has 0 saturated carbocycles. The number of nitrogens with zero attached hydrogens (tertiary/aromatic N) is 1. The highest BCUT2D eigenvalue weighted by Crippen LogP contribution is 2.35. The third-order valence-electron chi connectivity index (χ3n) is 5.44. The molecule has 3 aromatic rings. The topological polar surface area (TPSA) is 42.7 Å². The van der Waals surface area contributed by atoms with E-state index >= 15 is 0 Å². The number of aryl methyl sites for hydroxylation is 3. The Morgan fingerprint density at radius 3 is 2.70 bits per heavy atom. The SMILES string of the molecule is CCCCc1cc(=O)oc2c3c(ccc12)OCN(c1ccc(C)c(C)c1)C3. The Balaban J connectivity index is 1.78. The molecule has 4 heteroatoms. The van der Waals surface area contributed by atoms with E-state index in [9.17, 15) is 4.79 Å². The first-order valence-corrected chi connectivity index (χ1v) is 9.60. The minimum absolute atomic E-state index is 0.287. The van der Waals surface area contributed by atoms with Crippen molar-refractivity contribution in [2.24, 2.45) is 0 Å². The lowest BCUT2D eigenvalue weighted by atomic mass is 10.0. The van der Waals surface area contributed by atoms with E-state index in [1.54, 1.807) is 6.07 Å². The van der Waals surface area contributed by atoms with Gasteiger partial charge in [-0.15, -0.1) is 0 Å². The van der Waals surface area contributed by atoms with Crippen molar-refractivity contribution in [3.8, 4) is 5.75 Å². The molecule has 0 aliphatic carbocycles. The molecule has 1 aromatic heterocycles. The smallest absolute Gasteiger partial charge is 0.336 e. The molecule has 2 heterocycles. The highest BCUT2D eigenvalue weighted by molar-refractivity contribution is 5.85. The second-order valence-electron chi connectivity index (χ2n) is 7.35. The minimum Gasteiger partial charge on any atom is -0.473 e. The molecular weight excluding hydrogens is 338 g/mol. The van der Waals surface area contributed by atoms with Crippen LogP contribution >= 0.6 is 0 Å². The number of anilines is 1. The molecule has 1 aliphatic rings. The standard InChI is InChI=1S/C23H25NO3/c1-4-5-6-17-12-22(25)27-23-19(17)9-10-21-20(23)13-24(14-26-21)18-8-7-15(2)16(3)11-18/h7-12H,4-6,13-14H2,1-3H3. The fourth-order valence-corrected chi connectivity index (χ4v) is 3.66. The fraction of sp³-hybridized carbons (Fsp3) is 0.348. The summed E-state index contributed by atoms with van der Waals surface area (Å²) in [6.07, 6.45) is 3.04. The summed E-state index contributed by atoms with van der Waals surface area (Å²) in [5, 5.41) is 1.02. The van der Waals surface area contributed by atoms with E-state index in [0.29, 0.717) is 18.9 Å². The van der Waals surface area contributed by atoms with Crippen LogP contribution in [0.4, 0.5) is 5.69 Å². The Hall–Kier alpha value is -2.75. The molecule has 0 atom stereocenters. The molecule has 0 spiro atoms. The van der Waals surface area contributed by atoms with Gasteiger partial charge in [-0.2, -0.15) is 0 Å². The van der Waals surface area contributed by atoms with Crippen molar-refractivity contribution in [3.05, 3.63) is 69.1 Å². The molecule has 0 fully saturated rings. The summed E-state index contributed by atoms with van der Waals surface area (Å²) in [5.74, 6) is 0.804. The van der Waals surface area contributed by atoms with E-state index in [2.05, 4.69) is 43.9 Å². The van der Waals surface area contributed by atoms with Crippen LogP contribution in [0.3, 0.4) is 0 Å². The predicted octanol–water partition coefficient (Wildman–Crippen LogP) is 5.11. The lowest BCUT2D eigenvalue weighted by Gasteiger charge is -2.31. The largest absolute Gasteiger partial charge is 0.473 e. The van der Waals surface area contributed by atoms with E-state index in [-0.39, 0.29) is 5.63 Å². The van der Waals surface area contributed by atoms with Crippen molar-refractivity contribution in [1.82, 2.24) is 0 Å². The van der Waals surface area contributed by atoms with Gasteiger partial charge < -0.3 is 14.1 Å². The van der Waals surface area contributed by atoms with Gasteiger partial charge in [-0.25, -0.2) is 4.79 Å². The van der Waals surface area contributed by atoms with Crippen LogP contribution in [-0.2, 0) is 13.0 Å². The van der Waals surface area contributed by atoms with E-state index in [0.717, 1.165) is 47.2 Å². The zero-order valence-electron chi connectivity index (χ0n) is 16.2. The number of rotatable bonds is 4. The number of ether oxygens (including phenoxy) is 1. The summed E-state index contributed by atoms with van der Waals surface area (Å²) in [5.41, 5.74) is 6.04. The molecule has 1 aliphatic heterocycles. The first-order valence-electron chi connectivity index (χ1n) is 9.60. The fourth-order valence-electron chi connectivity index (χ4n) is 3.66. The van der Waals surface area contributed by atoms with Crippen LogP contribution < -0.4 is 15.3 Å². The van der Waals surface area contributed by atoms with Crippen molar-refractivity contribution in [2.75, 3.05) is 11.6 Å². The van der Waals surface area contributed by atoms with Gasteiger partial charge >= 0.3 is 5.63 Å². The van der Waals surface area contributed by atoms with Crippen LogP contribution in [0.2, 0.25) is 0 Å². The number of fused-ring (bicyclic) bond motifs is 3. The molecule has 0 bridgehead atoms. The van der Waals surface area contributed by atoms with E-state index < -0.39 is 0 Å². The number of hydrogen-bond acceptors (Lipinski definition) is 4. The van der Waals surface area contributed by atoms with E-state index in [1.165, 1.54) is 11.1 Å². The predicted molar refractivity (Wildman–Crippen MR) is 109 cm³/mol. The normalized spacial score (nSPS) is 13.5. The van der Waals surface area contributed by atoms with Crippen LogP contribution in [0.25, 0.3) is 11.0 Å². The van der Waals surface area contributed by atoms with Crippen LogP contribution in [0.1, 0.15) is 42.0 Å². The average molecular weight is 363 g/mol. The number of benzene rings is 2. The van der Waals surface area contributed by atoms with Gasteiger partial charge in [0.1, 0.15) is 11.3 Å². The first kappa shape index (κ1) is 17.7. The molecule has 2 aromatic carbocycles. The van der Waals surface area contributed by atoms with Crippen LogP contribution in [-0.4, -0.2) is 6.73 Å². The van der Waals surface area contributed by atoms with Gasteiger partial charge in [-0.3, -0.25) is 0 Å². The molecule has 0 saturated heterocycles. The molecule has 0 unspecified atom stereocenters. The van der Waals surface area contributed by atoms with Gasteiger partial charge in [0, 0.05) is 17.1 Å². The Kier molecular flexibility index (Phi) is 4.65. The molecule has 140 valence electrons. The minimum atomic E-state index is -0.287. The second kappa shape index (κ2) is 7.10. The number of hydrogen-bond donors (Lipinski definition) is 0. The van der Waals surface area contributed by atoms with Crippen molar-refractivity contribution in [2.45, 2.75) is 46.6 Å². The monoisotopic (exact) mass is 363 g/mol. The summed E-state index contributed by atoms with van der Waals surface area (Å²) in [4.78, 5) is 14.3. The summed E-state index contributed by atoms with van der Waals surface area (Å²) in [7, 11) is 0. The Morgan fingerprint density at radius 1 is 1.07 bits per heavy atom. The molecule has 27 heavy (non-hydrogen) atoms. The van der Waals surface area contributed by atoms with Gasteiger partial charge in [-0.05, 0) is 67.6 Å². The Labute approximate surface area is 159 Å². The zero-order valence-corrected chi connectivity index (χ0v) is 16.2. The summed E-state index contributed by atoms with van der Waals surface area (Å²) in [6.45, 7) is 7.54. The molecular formula is C23H25NO3. The first-order chi connectivity index (χ1) is 13.1. The van der Waals surface area contributed by atoms with Gasteiger partial charge in [0.15, 0.2) is 6.73 Å². The maximum atomic E-state index is 12.2. The van der Waals surface area contributed by atoms with E-state index in [4.69, 9.17) is 9.15 Å². The third kappa shape index (κ3) is 3.32. The zero-order chi connectivity index (χ0) is 19.0. The number of unbranched alkanes of at least 4 members (excludes halogenated alkanes) is 1. The van der Waals surface area contributed by atoms with Crippen molar-refractivity contribution in [3.63, 3.8) is 0 Å². The highest BCUT2D eigenvalue weighted by Gasteiger charge is 2.23. The van der Waals surface area contributed by atoms with E-state index in [1.807, 2.05) is 12.1 Å². The maximum Gasteiger partial charge on any atom is 0.336 e. The second-order valence-corrected chi connectivity index (χ2v) is 7.35. The molecule has 4 rings (SSSR count). The average Bonchev–Trinajstić information content (AvgIpc) is 2.67. The molecule has 0 amide bonds. The van der Waals surface area contributed by atoms with Crippen LogP contribution in [0.15, 0.2) is 45.6 Å². The van der Waals surface area contributed by atoms with Gasteiger partial charge in [0.25, 0.3) is 0 Å². The molecule has 4 nitrogen and oxygen atoms in total. The van der Waals surface area contributed by atoms with Crippen molar-refractivity contribution < 1.29 is 9.15 Å². The van der Waals surface area contributed by atoms with Crippen molar-refractivity contribution in [1.29, 1.82) is 0 Å². The Bertz CT molecular complexity index is 1050. The highest BCUT2D eigenvalue weighted by atomic mass is 16.5. The van der Waals surface area contributed by atoms with Crippen LogP contribution in [0, 0.1) is 13.8 Å². The van der Waals surface area contributed by atoms with Gasteiger partial charge in [-0.1, -0.05) is 19.4 Å².